The maximum atomic E-state index is 12.7. The van der Waals surface area contributed by atoms with E-state index in [1.807, 2.05) is 33.8 Å². The number of ether oxygens (including phenoxy) is 2. The maximum Gasteiger partial charge on any atom is 0.256 e. The Kier molecular flexibility index (Phi) is 7.49. The maximum absolute atomic E-state index is 12.7. The number of anilines is 1. The summed E-state index contributed by atoms with van der Waals surface area (Å²) in [5.74, 6) is 0.797. The van der Waals surface area contributed by atoms with Gasteiger partial charge in [-0.05, 0) is 45.6 Å². The van der Waals surface area contributed by atoms with Gasteiger partial charge in [0.15, 0.2) is 0 Å². The van der Waals surface area contributed by atoms with Crippen LogP contribution >= 0.6 is 0 Å². The van der Waals surface area contributed by atoms with Crippen LogP contribution < -0.4 is 10.1 Å². The highest BCUT2D eigenvalue weighted by molar-refractivity contribution is 5.97. The van der Waals surface area contributed by atoms with E-state index < -0.39 is 5.60 Å². The average molecular weight is 322 g/mol. The summed E-state index contributed by atoms with van der Waals surface area (Å²) >= 11 is 0. The molecule has 1 N–H and O–H groups in total. The van der Waals surface area contributed by atoms with E-state index in [9.17, 15) is 4.79 Å². The fourth-order valence-corrected chi connectivity index (χ4v) is 2.48. The summed E-state index contributed by atoms with van der Waals surface area (Å²) in [6.07, 6.45) is 1.55. The SMILES string of the molecule is CCCO[C@](C)(CC(C)C)C(=O)Nc1ccc(OCC)nc1C. The van der Waals surface area contributed by atoms with Crippen molar-refractivity contribution >= 4 is 11.6 Å². The molecule has 0 aliphatic rings. The van der Waals surface area contributed by atoms with E-state index in [-0.39, 0.29) is 5.91 Å². The van der Waals surface area contributed by atoms with E-state index >= 15 is 0 Å². The molecule has 0 aliphatic heterocycles. The van der Waals surface area contributed by atoms with Crippen LogP contribution in [0.25, 0.3) is 0 Å². The molecule has 0 saturated carbocycles. The van der Waals surface area contributed by atoms with Crippen molar-refractivity contribution in [3.8, 4) is 5.88 Å². The summed E-state index contributed by atoms with van der Waals surface area (Å²) in [4.78, 5) is 17.1. The molecule has 0 spiro atoms. The normalized spacial score (nSPS) is 13.7. The second-order valence-electron chi connectivity index (χ2n) is 6.35. The van der Waals surface area contributed by atoms with Crippen LogP contribution in [0.5, 0.6) is 5.88 Å². The Hall–Kier alpha value is -1.62. The third kappa shape index (κ3) is 5.82. The van der Waals surface area contributed by atoms with Crippen LogP contribution in [0.2, 0.25) is 0 Å². The van der Waals surface area contributed by atoms with Gasteiger partial charge in [0, 0.05) is 12.7 Å². The van der Waals surface area contributed by atoms with E-state index in [2.05, 4.69) is 24.1 Å². The number of pyridine rings is 1. The van der Waals surface area contributed by atoms with Gasteiger partial charge in [-0.3, -0.25) is 4.79 Å². The lowest BCUT2D eigenvalue weighted by atomic mass is 9.93. The highest BCUT2D eigenvalue weighted by Gasteiger charge is 2.35. The third-order valence-corrected chi connectivity index (χ3v) is 3.50. The van der Waals surface area contributed by atoms with E-state index in [1.165, 1.54) is 0 Å². The first-order valence-corrected chi connectivity index (χ1v) is 8.38. The zero-order valence-electron chi connectivity index (χ0n) is 15.2. The summed E-state index contributed by atoms with van der Waals surface area (Å²) in [6.45, 7) is 13.0. The smallest absolute Gasteiger partial charge is 0.256 e. The van der Waals surface area contributed by atoms with Crippen molar-refractivity contribution in [1.29, 1.82) is 0 Å². The molecule has 0 fully saturated rings. The minimum absolute atomic E-state index is 0.131. The Morgan fingerprint density at radius 2 is 2.04 bits per heavy atom. The number of hydrogen-bond acceptors (Lipinski definition) is 4. The Morgan fingerprint density at radius 3 is 2.57 bits per heavy atom. The lowest BCUT2D eigenvalue weighted by molar-refractivity contribution is -0.141. The summed E-state index contributed by atoms with van der Waals surface area (Å²) < 4.78 is 11.2. The molecule has 0 unspecified atom stereocenters. The molecule has 23 heavy (non-hydrogen) atoms. The number of rotatable bonds is 9. The molecule has 0 bridgehead atoms. The molecule has 1 heterocycles. The molecule has 1 rings (SSSR count). The molecule has 5 heteroatoms. The molecule has 5 nitrogen and oxygen atoms in total. The molecule has 0 aliphatic carbocycles. The van der Waals surface area contributed by atoms with Gasteiger partial charge in [0.2, 0.25) is 5.88 Å². The number of amides is 1. The first-order chi connectivity index (χ1) is 10.8. The number of aromatic nitrogens is 1. The van der Waals surface area contributed by atoms with Gasteiger partial charge < -0.3 is 14.8 Å². The van der Waals surface area contributed by atoms with Crippen LogP contribution in [-0.2, 0) is 9.53 Å². The standard InChI is InChI=1S/C18H30N2O3/c1-7-11-23-18(6,12-13(3)4)17(21)20-15-9-10-16(22-8-2)19-14(15)5/h9-10,13H,7-8,11-12H2,1-6H3,(H,20,21)/t18-/m1/s1. The fraction of sp³-hybridized carbons (Fsp3) is 0.667. The van der Waals surface area contributed by atoms with Crippen molar-refractivity contribution in [3.05, 3.63) is 17.8 Å². The van der Waals surface area contributed by atoms with Crippen molar-refractivity contribution in [3.63, 3.8) is 0 Å². The van der Waals surface area contributed by atoms with Gasteiger partial charge in [-0.2, -0.15) is 0 Å². The van der Waals surface area contributed by atoms with Crippen molar-refractivity contribution in [2.24, 2.45) is 5.92 Å². The molecule has 0 radical (unpaired) electrons. The van der Waals surface area contributed by atoms with E-state index in [4.69, 9.17) is 9.47 Å². The zero-order valence-corrected chi connectivity index (χ0v) is 15.2. The zero-order chi connectivity index (χ0) is 17.5. The van der Waals surface area contributed by atoms with E-state index in [0.717, 1.165) is 12.1 Å². The van der Waals surface area contributed by atoms with Crippen molar-refractivity contribution in [1.82, 2.24) is 4.98 Å². The van der Waals surface area contributed by atoms with Gasteiger partial charge in [0.05, 0.1) is 18.0 Å². The molecule has 0 aromatic carbocycles. The van der Waals surface area contributed by atoms with E-state index in [0.29, 0.717) is 37.1 Å². The lowest BCUT2D eigenvalue weighted by Gasteiger charge is -2.30. The monoisotopic (exact) mass is 322 g/mol. The number of carbonyl (C=O) groups is 1. The Labute approximate surface area is 139 Å². The Balaban J connectivity index is 2.89. The molecular formula is C18H30N2O3. The first-order valence-electron chi connectivity index (χ1n) is 8.38. The molecule has 130 valence electrons. The molecule has 0 saturated heterocycles. The second kappa shape index (κ2) is 8.87. The van der Waals surface area contributed by atoms with E-state index in [1.54, 1.807) is 6.07 Å². The topological polar surface area (TPSA) is 60.5 Å². The summed E-state index contributed by atoms with van der Waals surface area (Å²) in [7, 11) is 0. The molecule has 1 aromatic heterocycles. The molecule has 1 amide bonds. The second-order valence-corrected chi connectivity index (χ2v) is 6.35. The third-order valence-electron chi connectivity index (χ3n) is 3.50. The number of hydrogen-bond donors (Lipinski definition) is 1. The number of nitrogens with zero attached hydrogens (tertiary/aromatic N) is 1. The Bertz CT molecular complexity index is 517. The molecule has 1 atom stereocenters. The van der Waals surface area contributed by atoms with Crippen LogP contribution in [0, 0.1) is 12.8 Å². The minimum Gasteiger partial charge on any atom is -0.478 e. The summed E-state index contributed by atoms with van der Waals surface area (Å²) in [6, 6.07) is 3.58. The Morgan fingerprint density at radius 1 is 1.35 bits per heavy atom. The predicted molar refractivity (Wildman–Crippen MR) is 92.9 cm³/mol. The highest BCUT2D eigenvalue weighted by atomic mass is 16.5. The fourth-order valence-electron chi connectivity index (χ4n) is 2.48. The predicted octanol–water partition coefficient (Wildman–Crippen LogP) is 3.96. The lowest BCUT2D eigenvalue weighted by Crippen LogP contribution is -2.44. The van der Waals surface area contributed by atoms with Crippen molar-refractivity contribution in [2.45, 2.75) is 60.0 Å². The van der Waals surface area contributed by atoms with Gasteiger partial charge in [0.25, 0.3) is 5.91 Å². The van der Waals surface area contributed by atoms with Crippen LogP contribution in [-0.4, -0.2) is 29.7 Å². The van der Waals surface area contributed by atoms with Gasteiger partial charge in [-0.1, -0.05) is 20.8 Å². The van der Waals surface area contributed by atoms with Crippen molar-refractivity contribution in [2.75, 3.05) is 18.5 Å². The largest absolute Gasteiger partial charge is 0.478 e. The van der Waals surface area contributed by atoms with Gasteiger partial charge in [0.1, 0.15) is 5.60 Å². The first kappa shape index (κ1) is 19.4. The van der Waals surface area contributed by atoms with Gasteiger partial charge >= 0.3 is 0 Å². The molecular weight excluding hydrogens is 292 g/mol. The minimum atomic E-state index is -0.838. The van der Waals surface area contributed by atoms with Crippen molar-refractivity contribution < 1.29 is 14.3 Å². The average Bonchev–Trinajstić information content (AvgIpc) is 2.47. The summed E-state index contributed by atoms with van der Waals surface area (Å²) in [5, 5.41) is 2.95. The number of nitrogens with one attached hydrogen (secondary N) is 1. The van der Waals surface area contributed by atoms with Crippen LogP contribution in [0.4, 0.5) is 5.69 Å². The number of carbonyl (C=O) groups excluding carboxylic acids is 1. The van der Waals surface area contributed by atoms with Crippen LogP contribution in [0.15, 0.2) is 12.1 Å². The summed E-state index contributed by atoms with van der Waals surface area (Å²) in [5.41, 5.74) is 0.579. The molecule has 1 aromatic rings. The van der Waals surface area contributed by atoms with Crippen LogP contribution in [0.3, 0.4) is 0 Å². The highest BCUT2D eigenvalue weighted by Crippen LogP contribution is 2.25. The number of aryl methyl sites for hydroxylation is 1. The van der Waals surface area contributed by atoms with Gasteiger partial charge in [-0.15, -0.1) is 0 Å². The quantitative estimate of drug-likeness (QED) is 0.747. The van der Waals surface area contributed by atoms with Gasteiger partial charge in [-0.25, -0.2) is 4.98 Å². The van der Waals surface area contributed by atoms with Crippen LogP contribution in [0.1, 0.15) is 53.2 Å².